The van der Waals surface area contributed by atoms with Crippen molar-refractivity contribution in [2.24, 2.45) is 5.92 Å². The second kappa shape index (κ2) is 14.3. The van der Waals surface area contributed by atoms with E-state index in [1.807, 2.05) is 18.2 Å². The highest BCUT2D eigenvalue weighted by Crippen LogP contribution is 2.35. The number of anilines is 1. The van der Waals surface area contributed by atoms with Gasteiger partial charge in [0.1, 0.15) is 29.1 Å². The Morgan fingerprint density at radius 3 is 2.15 bits per heavy atom. The average molecular weight is 636 g/mol. The Bertz CT molecular complexity index is 1590. The normalized spacial score (nSPS) is 16.0. The first-order chi connectivity index (χ1) is 22.0. The average Bonchev–Trinajstić information content (AvgIpc) is 3.04. The summed E-state index contributed by atoms with van der Waals surface area (Å²) in [6.45, 7) is 1.65. The van der Waals surface area contributed by atoms with E-state index in [1.54, 1.807) is 31.2 Å². The number of likely N-dealkylation sites (tertiary alicyclic amines) is 1. The Labute approximate surface area is 263 Å². The summed E-state index contributed by atoms with van der Waals surface area (Å²) in [4.78, 5) is 68.2. The molecule has 4 rings (SSSR count). The van der Waals surface area contributed by atoms with E-state index in [2.05, 4.69) is 15.6 Å². The van der Waals surface area contributed by atoms with Crippen LogP contribution in [-0.4, -0.2) is 77.5 Å². The number of benzene rings is 2. The number of pyridine rings is 1. The van der Waals surface area contributed by atoms with E-state index in [4.69, 9.17) is 14.2 Å². The Morgan fingerprint density at radius 2 is 1.59 bits per heavy atom. The molecule has 0 radical (unpaired) electrons. The van der Waals surface area contributed by atoms with Crippen molar-refractivity contribution in [1.82, 2.24) is 20.5 Å². The van der Waals surface area contributed by atoms with Gasteiger partial charge in [0.05, 0.1) is 45.4 Å². The standard InChI is InChI=1S/C31H33N5O10/c1-17(19-8-6-5-7-9-19)34-29(39)36-26(27(37)33-16-22-23(45-3)14-20(44-2)15-24(22)46-4)21(28(36)38)12-18-10-11-32-25(13-18)35(30(40)41)31(42)43/h5-11,13-15,17,21,26H,12,16H2,1-4H3,(H,33,37)(H,34,39)(H,40,41)(H,42,43)/t17-,21-,26+/m1/s1. The van der Waals surface area contributed by atoms with Crippen LogP contribution in [-0.2, 0) is 22.6 Å². The highest BCUT2D eigenvalue weighted by Gasteiger charge is 2.54. The van der Waals surface area contributed by atoms with E-state index in [-0.39, 0.29) is 17.9 Å². The molecule has 6 amide bonds. The van der Waals surface area contributed by atoms with Gasteiger partial charge in [-0.25, -0.2) is 19.4 Å². The minimum atomic E-state index is -1.77. The molecule has 242 valence electrons. The summed E-state index contributed by atoms with van der Waals surface area (Å²) < 4.78 is 16.2. The second-order valence-corrected chi connectivity index (χ2v) is 10.2. The molecule has 1 saturated heterocycles. The SMILES string of the molecule is COc1cc(OC)c(CNC(=O)[C@@H]2[C@@H](Cc3ccnc(N(C(=O)O)C(=O)O)c3)C(=O)N2C(=O)N[C@H](C)c2ccccc2)c(OC)c1. The lowest BCUT2D eigenvalue weighted by Gasteiger charge is -2.44. The van der Waals surface area contributed by atoms with Crippen molar-refractivity contribution in [1.29, 1.82) is 0 Å². The summed E-state index contributed by atoms with van der Waals surface area (Å²) in [6, 6.07) is 12.4. The molecule has 0 spiro atoms. The van der Waals surface area contributed by atoms with Crippen molar-refractivity contribution in [2.75, 3.05) is 26.2 Å². The molecule has 15 heteroatoms. The number of imide groups is 2. The first kappa shape index (κ1) is 33.0. The maximum atomic E-state index is 13.7. The molecule has 1 aliphatic rings. The molecule has 0 bridgehead atoms. The number of nitrogens with one attached hydrogen (secondary N) is 2. The van der Waals surface area contributed by atoms with Crippen LogP contribution >= 0.6 is 0 Å². The third-order valence-electron chi connectivity index (χ3n) is 7.47. The molecule has 2 aromatic carbocycles. The van der Waals surface area contributed by atoms with Gasteiger partial charge < -0.3 is 35.1 Å². The van der Waals surface area contributed by atoms with Gasteiger partial charge in [-0.15, -0.1) is 0 Å². The maximum Gasteiger partial charge on any atom is 0.422 e. The van der Waals surface area contributed by atoms with Crippen LogP contribution in [0, 0.1) is 5.92 Å². The number of carbonyl (C=O) groups excluding carboxylic acids is 3. The lowest BCUT2D eigenvalue weighted by Crippen LogP contribution is -2.70. The predicted octanol–water partition coefficient (Wildman–Crippen LogP) is 3.43. The van der Waals surface area contributed by atoms with Gasteiger partial charge in [0, 0.05) is 18.3 Å². The zero-order valence-corrected chi connectivity index (χ0v) is 25.4. The summed E-state index contributed by atoms with van der Waals surface area (Å²) in [5.74, 6) is -1.55. The zero-order valence-electron chi connectivity index (χ0n) is 25.4. The molecule has 0 aliphatic carbocycles. The van der Waals surface area contributed by atoms with E-state index < -0.39 is 53.9 Å². The quantitative estimate of drug-likeness (QED) is 0.225. The van der Waals surface area contributed by atoms with Crippen LogP contribution in [0.2, 0.25) is 0 Å². The second-order valence-electron chi connectivity index (χ2n) is 10.2. The molecule has 1 aliphatic heterocycles. The lowest BCUT2D eigenvalue weighted by molar-refractivity contribution is -0.157. The summed E-state index contributed by atoms with van der Waals surface area (Å²) in [6.07, 6.45) is -2.47. The molecule has 1 aromatic heterocycles. The highest BCUT2D eigenvalue weighted by molar-refractivity contribution is 6.09. The summed E-state index contributed by atoms with van der Waals surface area (Å²) in [5, 5.41) is 24.1. The number of carbonyl (C=O) groups is 5. The fourth-order valence-corrected chi connectivity index (χ4v) is 5.13. The van der Waals surface area contributed by atoms with Gasteiger partial charge in [0.25, 0.3) is 0 Å². The molecule has 0 unspecified atom stereocenters. The number of urea groups is 1. The Balaban J connectivity index is 1.61. The molecule has 46 heavy (non-hydrogen) atoms. The molecule has 0 saturated carbocycles. The number of methoxy groups -OCH3 is 3. The van der Waals surface area contributed by atoms with Crippen LogP contribution in [0.4, 0.5) is 20.2 Å². The topological polar surface area (TPSA) is 197 Å². The van der Waals surface area contributed by atoms with Crippen molar-refractivity contribution in [3.63, 3.8) is 0 Å². The Kier molecular flexibility index (Phi) is 10.3. The molecule has 2 heterocycles. The van der Waals surface area contributed by atoms with E-state index in [9.17, 15) is 34.2 Å². The van der Waals surface area contributed by atoms with Crippen molar-refractivity contribution in [3.05, 3.63) is 77.5 Å². The van der Waals surface area contributed by atoms with E-state index in [1.165, 1.54) is 39.7 Å². The van der Waals surface area contributed by atoms with Crippen LogP contribution in [0.15, 0.2) is 60.8 Å². The van der Waals surface area contributed by atoms with Gasteiger partial charge in [-0.05, 0) is 36.6 Å². The molecule has 3 atom stereocenters. The number of ether oxygens (including phenoxy) is 3. The van der Waals surface area contributed by atoms with E-state index >= 15 is 0 Å². The molecule has 15 nitrogen and oxygen atoms in total. The molecule has 1 fully saturated rings. The third kappa shape index (κ3) is 6.93. The molecule has 4 N–H and O–H groups in total. The number of nitrogens with zero attached hydrogens (tertiary/aromatic N) is 3. The smallest absolute Gasteiger partial charge is 0.422 e. The largest absolute Gasteiger partial charge is 0.496 e. The molecular formula is C31H33N5O10. The number of hydrogen-bond donors (Lipinski definition) is 4. The highest BCUT2D eigenvalue weighted by atomic mass is 16.5. The zero-order chi connectivity index (χ0) is 33.5. The van der Waals surface area contributed by atoms with Gasteiger partial charge in [-0.2, -0.15) is 4.90 Å². The van der Waals surface area contributed by atoms with Gasteiger partial charge in [0.15, 0.2) is 0 Å². The maximum absolute atomic E-state index is 13.7. The Morgan fingerprint density at radius 1 is 0.957 bits per heavy atom. The summed E-state index contributed by atoms with van der Waals surface area (Å²) in [5.41, 5.74) is 1.59. The fourth-order valence-electron chi connectivity index (χ4n) is 5.13. The minimum Gasteiger partial charge on any atom is -0.496 e. The molecular weight excluding hydrogens is 602 g/mol. The number of rotatable bonds is 11. The van der Waals surface area contributed by atoms with Crippen molar-refractivity contribution in [2.45, 2.75) is 32.0 Å². The monoisotopic (exact) mass is 635 g/mol. The van der Waals surface area contributed by atoms with Gasteiger partial charge in [0.2, 0.25) is 11.8 Å². The summed E-state index contributed by atoms with van der Waals surface area (Å²) >= 11 is 0. The van der Waals surface area contributed by atoms with Crippen LogP contribution in [0.3, 0.4) is 0 Å². The number of β-lactam (4-membered cyclic amide) rings is 1. The van der Waals surface area contributed by atoms with Crippen molar-refractivity contribution >= 4 is 35.8 Å². The van der Waals surface area contributed by atoms with Crippen molar-refractivity contribution in [3.8, 4) is 17.2 Å². The fraction of sp³-hybridized carbons (Fsp3) is 0.290. The lowest BCUT2D eigenvalue weighted by atomic mass is 9.82. The van der Waals surface area contributed by atoms with Crippen LogP contribution < -0.4 is 29.7 Å². The van der Waals surface area contributed by atoms with Crippen LogP contribution in [0.25, 0.3) is 0 Å². The van der Waals surface area contributed by atoms with Crippen LogP contribution in [0.1, 0.15) is 29.7 Å². The van der Waals surface area contributed by atoms with Crippen LogP contribution in [0.5, 0.6) is 17.2 Å². The first-order valence-electron chi connectivity index (χ1n) is 14.0. The number of amides is 6. The minimum absolute atomic E-state index is 0.0244. The van der Waals surface area contributed by atoms with Gasteiger partial charge >= 0.3 is 18.2 Å². The summed E-state index contributed by atoms with van der Waals surface area (Å²) in [7, 11) is 4.37. The van der Waals surface area contributed by atoms with E-state index in [0.717, 1.165) is 10.5 Å². The number of aromatic nitrogens is 1. The van der Waals surface area contributed by atoms with Gasteiger partial charge in [-0.1, -0.05) is 30.3 Å². The first-order valence-corrected chi connectivity index (χ1v) is 14.0. The number of carboxylic acid groups (broad SMARTS) is 2. The molecule has 3 aromatic rings. The number of hydrogen-bond acceptors (Lipinski definition) is 9. The van der Waals surface area contributed by atoms with Gasteiger partial charge in [-0.3, -0.25) is 14.5 Å². The van der Waals surface area contributed by atoms with E-state index in [0.29, 0.717) is 28.4 Å². The predicted molar refractivity (Wildman–Crippen MR) is 162 cm³/mol. The Hall–Kier alpha value is -5.86. The third-order valence-corrected chi connectivity index (χ3v) is 7.47. The van der Waals surface area contributed by atoms with Crippen molar-refractivity contribution < 1.29 is 48.4 Å².